The van der Waals surface area contributed by atoms with Crippen molar-refractivity contribution in [2.45, 2.75) is 64.6 Å². The maximum atomic E-state index is 10.1. The summed E-state index contributed by atoms with van der Waals surface area (Å²) in [5.74, 6) is 0.940. The van der Waals surface area contributed by atoms with E-state index in [2.05, 4.69) is 27.3 Å². The quantitative estimate of drug-likeness (QED) is 0.868. The van der Waals surface area contributed by atoms with Crippen LogP contribution in [0.15, 0.2) is 0 Å². The predicted octanol–water partition coefficient (Wildman–Crippen LogP) is 1.21. The van der Waals surface area contributed by atoms with Crippen LogP contribution in [-0.4, -0.2) is 48.9 Å². The number of aromatic nitrogens is 4. The van der Waals surface area contributed by atoms with Gasteiger partial charge in [0.15, 0.2) is 5.82 Å². The van der Waals surface area contributed by atoms with Crippen LogP contribution in [0, 0.1) is 0 Å². The van der Waals surface area contributed by atoms with Gasteiger partial charge in [0.2, 0.25) is 0 Å². The fourth-order valence-electron chi connectivity index (χ4n) is 2.50. The number of rotatable bonds is 5. The Morgan fingerprint density at radius 1 is 1.32 bits per heavy atom. The third kappa shape index (κ3) is 4.24. The summed E-state index contributed by atoms with van der Waals surface area (Å²) in [7, 11) is 0. The van der Waals surface area contributed by atoms with E-state index in [1.54, 1.807) is 0 Å². The smallest absolute Gasteiger partial charge is 0.165 e. The molecule has 19 heavy (non-hydrogen) atoms. The molecule has 1 fully saturated rings. The van der Waals surface area contributed by atoms with Crippen LogP contribution in [0.5, 0.6) is 0 Å². The van der Waals surface area contributed by atoms with Gasteiger partial charge in [-0.05, 0) is 49.6 Å². The van der Waals surface area contributed by atoms with Gasteiger partial charge in [-0.2, -0.15) is 0 Å². The second kappa shape index (κ2) is 6.43. The van der Waals surface area contributed by atoms with Crippen molar-refractivity contribution < 1.29 is 5.11 Å². The average molecular weight is 267 g/mol. The fourth-order valence-corrected chi connectivity index (χ4v) is 2.50. The van der Waals surface area contributed by atoms with Crippen LogP contribution in [0.25, 0.3) is 0 Å². The Labute approximate surface area is 114 Å². The number of nitrogens with zero attached hydrogens (tertiary/aromatic N) is 5. The fraction of sp³-hybridized carbons (Fsp3) is 0.923. The van der Waals surface area contributed by atoms with Crippen molar-refractivity contribution in [2.24, 2.45) is 0 Å². The minimum atomic E-state index is -0.511. The minimum Gasteiger partial charge on any atom is -0.390 e. The predicted molar refractivity (Wildman–Crippen MR) is 72.5 cm³/mol. The lowest BCUT2D eigenvalue weighted by atomic mass is 9.98. The Morgan fingerprint density at radius 2 is 2.16 bits per heavy atom. The zero-order chi connectivity index (χ0) is 13.7. The van der Waals surface area contributed by atoms with Gasteiger partial charge >= 0.3 is 0 Å². The lowest BCUT2D eigenvalue weighted by Crippen LogP contribution is -2.29. The molecule has 2 heterocycles. The van der Waals surface area contributed by atoms with Crippen molar-refractivity contribution in [1.29, 1.82) is 0 Å². The van der Waals surface area contributed by atoms with E-state index in [1.807, 2.05) is 11.6 Å². The first-order valence-electron chi connectivity index (χ1n) is 7.30. The van der Waals surface area contributed by atoms with E-state index >= 15 is 0 Å². The molecule has 6 heteroatoms. The molecule has 2 rings (SSSR count). The molecule has 1 unspecified atom stereocenters. The van der Waals surface area contributed by atoms with Gasteiger partial charge in [-0.3, -0.25) is 4.90 Å². The van der Waals surface area contributed by atoms with Gasteiger partial charge in [0.1, 0.15) is 0 Å². The largest absolute Gasteiger partial charge is 0.390 e. The zero-order valence-corrected chi connectivity index (χ0v) is 12.0. The number of hydrogen-bond donors (Lipinski definition) is 1. The van der Waals surface area contributed by atoms with Crippen LogP contribution in [0.4, 0.5) is 0 Å². The van der Waals surface area contributed by atoms with E-state index in [-0.39, 0.29) is 0 Å². The van der Waals surface area contributed by atoms with Crippen molar-refractivity contribution in [3.8, 4) is 0 Å². The Hall–Kier alpha value is -1.01. The van der Waals surface area contributed by atoms with Crippen LogP contribution in [-0.2, 0) is 13.1 Å². The minimum absolute atomic E-state index is 0.511. The summed E-state index contributed by atoms with van der Waals surface area (Å²) in [5.41, 5.74) is -0.511. The standard InChI is InChI=1S/C13H25N5O/c1-3-4-9-18-12(14-15-16-18)11-17-8-5-6-13(2,19)7-10-17/h19H,3-11H2,1-2H3. The topological polar surface area (TPSA) is 67.1 Å². The summed E-state index contributed by atoms with van der Waals surface area (Å²) in [6.45, 7) is 7.70. The Bertz CT molecular complexity index is 390. The molecular weight excluding hydrogens is 242 g/mol. The molecule has 0 radical (unpaired) electrons. The first kappa shape index (κ1) is 14.4. The first-order chi connectivity index (χ1) is 9.11. The van der Waals surface area contributed by atoms with E-state index in [4.69, 9.17) is 0 Å². The molecular formula is C13H25N5O. The van der Waals surface area contributed by atoms with Gasteiger partial charge in [-0.15, -0.1) is 5.10 Å². The lowest BCUT2D eigenvalue weighted by Gasteiger charge is -2.21. The summed E-state index contributed by atoms with van der Waals surface area (Å²) in [6, 6.07) is 0. The van der Waals surface area contributed by atoms with Gasteiger partial charge in [0, 0.05) is 13.1 Å². The van der Waals surface area contributed by atoms with Gasteiger partial charge in [-0.1, -0.05) is 13.3 Å². The van der Waals surface area contributed by atoms with Crippen molar-refractivity contribution in [1.82, 2.24) is 25.1 Å². The highest BCUT2D eigenvalue weighted by atomic mass is 16.3. The van der Waals surface area contributed by atoms with Crippen LogP contribution in [0.2, 0.25) is 0 Å². The third-order valence-corrected chi connectivity index (χ3v) is 3.85. The molecule has 0 bridgehead atoms. The van der Waals surface area contributed by atoms with E-state index in [0.717, 1.165) is 64.1 Å². The molecule has 0 amide bonds. The molecule has 1 saturated heterocycles. The summed E-state index contributed by atoms with van der Waals surface area (Å²) < 4.78 is 1.91. The maximum absolute atomic E-state index is 10.1. The van der Waals surface area contributed by atoms with Crippen LogP contribution < -0.4 is 0 Å². The molecule has 0 aliphatic carbocycles. The first-order valence-corrected chi connectivity index (χ1v) is 7.30. The Balaban J connectivity index is 1.92. The van der Waals surface area contributed by atoms with E-state index in [1.165, 1.54) is 0 Å². The molecule has 6 nitrogen and oxygen atoms in total. The van der Waals surface area contributed by atoms with Crippen LogP contribution >= 0.6 is 0 Å². The molecule has 1 aromatic heterocycles. The highest BCUT2D eigenvalue weighted by Crippen LogP contribution is 2.22. The second-order valence-electron chi connectivity index (χ2n) is 5.80. The molecule has 1 aliphatic rings. The van der Waals surface area contributed by atoms with E-state index in [9.17, 15) is 5.11 Å². The monoisotopic (exact) mass is 267 g/mol. The van der Waals surface area contributed by atoms with Crippen LogP contribution in [0.3, 0.4) is 0 Å². The molecule has 108 valence electrons. The molecule has 1 atom stereocenters. The van der Waals surface area contributed by atoms with E-state index < -0.39 is 5.60 Å². The number of aryl methyl sites for hydroxylation is 1. The Morgan fingerprint density at radius 3 is 2.95 bits per heavy atom. The molecule has 1 aromatic rings. The number of aliphatic hydroxyl groups is 1. The van der Waals surface area contributed by atoms with Gasteiger partial charge in [-0.25, -0.2) is 4.68 Å². The van der Waals surface area contributed by atoms with Crippen molar-refractivity contribution in [2.75, 3.05) is 13.1 Å². The van der Waals surface area contributed by atoms with Crippen molar-refractivity contribution >= 4 is 0 Å². The molecule has 0 spiro atoms. The van der Waals surface area contributed by atoms with Crippen molar-refractivity contribution in [3.63, 3.8) is 0 Å². The molecule has 0 saturated carbocycles. The van der Waals surface area contributed by atoms with Gasteiger partial charge < -0.3 is 5.11 Å². The highest BCUT2D eigenvalue weighted by Gasteiger charge is 2.25. The second-order valence-corrected chi connectivity index (χ2v) is 5.80. The number of tetrazole rings is 1. The number of hydrogen-bond acceptors (Lipinski definition) is 5. The zero-order valence-electron chi connectivity index (χ0n) is 12.0. The molecule has 1 N–H and O–H groups in total. The van der Waals surface area contributed by atoms with Gasteiger partial charge in [0.25, 0.3) is 0 Å². The maximum Gasteiger partial charge on any atom is 0.165 e. The summed E-state index contributed by atoms with van der Waals surface area (Å²) >= 11 is 0. The number of likely N-dealkylation sites (tertiary alicyclic amines) is 1. The normalized spacial score (nSPS) is 25.4. The molecule has 1 aliphatic heterocycles. The molecule has 0 aromatic carbocycles. The van der Waals surface area contributed by atoms with Gasteiger partial charge in [0.05, 0.1) is 12.1 Å². The Kier molecular flexibility index (Phi) is 4.87. The summed E-state index contributed by atoms with van der Waals surface area (Å²) in [5, 5.41) is 22.1. The summed E-state index contributed by atoms with van der Waals surface area (Å²) in [6.07, 6.45) is 4.98. The third-order valence-electron chi connectivity index (χ3n) is 3.85. The van der Waals surface area contributed by atoms with E-state index in [0.29, 0.717) is 0 Å². The number of unbranched alkanes of at least 4 members (excludes halogenated alkanes) is 1. The summed E-state index contributed by atoms with van der Waals surface area (Å²) in [4.78, 5) is 2.34. The SMILES string of the molecule is CCCCn1nnnc1CN1CCCC(C)(O)CC1. The lowest BCUT2D eigenvalue weighted by molar-refractivity contribution is 0.0443. The highest BCUT2D eigenvalue weighted by molar-refractivity contribution is 4.85. The average Bonchev–Trinajstić information content (AvgIpc) is 2.72. The van der Waals surface area contributed by atoms with Crippen molar-refractivity contribution in [3.05, 3.63) is 5.82 Å². The van der Waals surface area contributed by atoms with Crippen LogP contribution in [0.1, 0.15) is 51.8 Å².